The van der Waals surface area contributed by atoms with Crippen LogP contribution in [0.1, 0.15) is 0 Å². The Hall–Kier alpha value is -1.43. The van der Waals surface area contributed by atoms with Gasteiger partial charge in [-0.05, 0) is 6.07 Å². The fourth-order valence-corrected chi connectivity index (χ4v) is 1.43. The minimum Gasteiger partial charge on any atom is -0.340 e. The van der Waals surface area contributed by atoms with Crippen LogP contribution >= 0.6 is 0 Å². The van der Waals surface area contributed by atoms with Gasteiger partial charge < -0.3 is 5.32 Å². The third-order valence-corrected chi connectivity index (χ3v) is 2.55. The zero-order valence-corrected chi connectivity index (χ0v) is 8.63. The molecular formula is C8H10N2O3S. The molecule has 0 fully saturated rings. The largest absolute Gasteiger partial charge is 0.340 e. The van der Waals surface area contributed by atoms with Crippen LogP contribution < -0.4 is 10.9 Å². The number of rotatable bonds is 1. The second kappa shape index (κ2) is 4.19. The quantitative estimate of drug-likeness (QED) is 0.702. The Morgan fingerprint density at radius 3 is 2.64 bits per heavy atom. The van der Waals surface area contributed by atoms with Gasteiger partial charge in [0.15, 0.2) is 0 Å². The van der Waals surface area contributed by atoms with Crippen LogP contribution in [0.4, 0.5) is 4.79 Å². The number of carbonyl (C=O) groups is 1. The molecule has 0 saturated heterocycles. The van der Waals surface area contributed by atoms with Gasteiger partial charge in [-0.2, -0.15) is 0 Å². The number of nitrogens with zero attached hydrogens (tertiary/aromatic N) is 1. The summed E-state index contributed by atoms with van der Waals surface area (Å²) in [5.41, 5.74) is -0.446. The topological polar surface area (TPSA) is 68.2 Å². The molecule has 76 valence electrons. The number of aromatic nitrogens is 1. The molecule has 1 aromatic rings. The summed E-state index contributed by atoms with van der Waals surface area (Å²) >= 11 is 0. The van der Waals surface area contributed by atoms with Gasteiger partial charge in [-0.3, -0.25) is 9.00 Å². The van der Waals surface area contributed by atoms with E-state index in [9.17, 15) is 13.8 Å². The fourth-order valence-electron chi connectivity index (χ4n) is 0.917. The highest BCUT2D eigenvalue weighted by atomic mass is 32.2. The molecule has 0 aliphatic carbocycles. The molecule has 6 heteroatoms. The van der Waals surface area contributed by atoms with E-state index in [1.165, 1.54) is 31.6 Å². The molecular weight excluding hydrogens is 204 g/mol. The second-order valence-electron chi connectivity index (χ2n) is 2.58. The van der Waals surface area contributed by atoms with Crippen LogP contribution in [0.5, 0.6) is 0 Å². The van der Waals surface area contributed by atoms with E-state index in [0.29, 0.717) is 4.90 Å². The summed E-state index contributed by atoms with van der Waals surface area (Å²) in [4.78, 5) is 22.8. The maximum absolute atomic E-state index is 11.2. The molecule has 1 atom stereocenters. The number of hydrogen-bond acceptors (Lipinski definition) is 3. The van der Waals surface area contributed by atoms with Crippen molar-refractivity contribution in [3.63, 3.8) is 0 Å². The Morgan fingerprint density at radius 1 is 1.50 bits per heavy atom. The summed E-state index contributed by atoms with van der Waals surface area (Å²) in [6, 6.07) is 2.12. The number of carbonyl (C=O) groups excluding carboxylic acids is 1. The van der Waals surface area contributed by atoms with E-state index in [1.54, 1.807) is 0 Å². The Labute approximate surface area is 83.2 Å². The molecule has 0 radical (unpaired) electrons. The smallest absolute Gasteiger partial charge is 0.328 e. The third-order valence-electron chi connectivity index (χ3n) is 1.65. The van der Waals surface area contributed by atoms with Crippen molar-refractivity contribution in [1.82, 2.24) is 9.88 Å². The molecule has 1 amide bonds. The highest BCUT2D eigenvalue weighted by Gasteiger charge is 2.06. The number of pyridine rings is 1. The Bertz CT molecular complexity index is 438. The van der Waals surface area contributed by atoms with Crippen molar-refractivity contribution < 1.29 is 9.00 Å². The van der Waals surface area contributed by atoms with E-state index >= 15 is 0 Å². The molecule has 0 aromatic carbocycles. The van der Waals surface area contributed by atoms with Crippen LogP contribution in [-0.4, -0.2) is 28.1 Å². The van der Waals surface area contributed by atoms with Gasteiger partial charge >= 0.3 is 6.03 Å². The standard InChI is InChI=1S/C8H10N2O3S/c1-9-8(12)10-5-6(14(2)13)3-4-7(10)11/h3-5H,1-2H3,(H,9,12). The van der Waals surface area contributed by atoms with Gasteiger partial charge in [0.05, 0.1) is 15.7 Å². The minimum atomic E-state index is -1.21. The SMILES string of the molecule is CNC(=O)n1cc(S(C)=O)ccc1=O. The summed E-state index contributed by atoms with van der Waals surface area (Å²) in [5.74, 6) is 0. The fraction of sp³-hybridized carbons (Fsp3) is 0.250. The van der Waals surface area contributed by atoms with Gasteiger partial charge in [0.1, 0.15) is 0 Å². The van der Waals surface area contributed by atoms with Gasteiger partial charge in [-0.15, -0.1) is 0 Å². The van der Waals surface area contributed by atoms with Crippen LogP contribution in [0.2, 0.25) is 0 Å². The predicted molar refractivity (Wildman–Crippen MR) is 52.9 cm³/mol. The Kier molecular flexibility index (Phi) is 3.19. The lowest BCUT2D eigenvalue weighted by Crippen LogP contribution is -2.33. The zero-order valence-electron chi connectivity index (χ0n) is 7.81. The number of amides is 1. The van der Waals surface area contributed by atoms with E-state index in [0.717, 1.165) is 4.57 Å². The molecule has 1 rings (SSSR count). The Morgan fingerprint density at radius 2 is 2.14 bits per heavy atom. The zero-order chi connectivity index (χ0) is 10.7. The molecule has 1 unspecified atom stereocenters. The second-order valence-corrected chi connectivity index (χ2v) is 3.96. The first-order chi connectivity index (χ1) is 6.56. The molecule has 1 aromatic heterocycles. The van der Waals surface area contributed by atoms with E-state index in [4.69, 9.17) is 0 Å². The molecule has 0 saturated carbocycles. The molecule has 0 aliphatic rings. The van der Waals surface area contributed by atoms with Crippen molar-refractivity contribution in [2.24, 2.45) is 0 Å². The first-order valence-electron chi connectivity index (χ1n) is 3.84. The van der Waals surface area contributed by atoms with E-state index in [2.05, 4.69) is 5.32 Å². The number of hydrogen-bond donors (Lipinski definition) is 1. The summed E-state index contributed by atoms with van der Waals surface area (Å²) in [6.45, 7) is 0. The number of nitrogens with one attached hydrogen (secondary N) is 1. The first-order valence-corrected chi connectivity index (χ1v) is 5.40. The third kappa shape index (κ3) is 2.08. The summed E-state index contributed by atoms with van der Waals surface area (Å²) in [6.07, 6.45) is 2.76. The average Bonchev–Trinajstić information content (AvgIpc) is 2.17. The molecule has 0 bridgehead atoms. The highest BCUT2D eigenvalue weighted by Crippen LogP contribution is 2.00. The normalized spacial score (nSPS) is 12.1. The van der Waals surface area contributed by atoms with Crippen LogP contribution in [-0.2, 0) is 10.8 Å². The lowest BCUT2D eigenvalue weighted by Gasteiger charge is -2.03. The van der Waals surface area contributed by atoms with Crippen LogP contribution in [0.25, 0.3) is 0 Å². The average molecular weight is 214 g/mol. The monoisotopic (exact) mass is 214 g/mol. The highest BCUT2D eigenvalue weighted by molar-refractivity contribution is 7.84. The van der Waals surface area contributed by atoms with Gasteiger partial charge in [-0.25, -0.2) is 9.36 Å². The van der Waals surface area contributed by atoms with E-state index in [1.807, 2.05) is 0 Å². The van der Waals surface area contributed by atoms with Crippen molar-refractivity contribution >= 4 is 16.8 Å². The van der Waals surface area contributed by atoms with Crippen LogP contribution in [0, 0.1) is 0 Å². The summed E-state index contributed by atoms with van der Waals surface area (Å²) < 4.78 is 12.0. The maximum atomic E-state index is 11.2. The van der Waals surface area contributed by atoms with Crippen molar-refractivity contribution in [2.45, 2.75) is 4.90 Å². The summed E-state index contributed by atoms with van der Waals surface area (Å²) in [7, 11) is 0.215. The summed E-state index contributed by atoms with van der Waals surface area (Å²) in [5, 5.41) is 2.31. The lowest BCUT2D eigenvalue weighted by atomic mass is 10.5. The molecule has 0 aliphatic heterocycles. The van der Waals surface area contributed by atoms with E-state index in [-0.39, 0.29) is 0 Å². The lowest BCUT2D eigenvalue weighted by molar-refractivity contribution is 0.243. The minimum absolute atomic E-state index is 0.438. The van der Waals surface area contributed by atoms with Crippen LogP contribution in [0.3, 0.4) is 0 Å². The van der Waals surface area contributed by atoms with Crippen molar-refractivity contribution in [1.29, 1.82) is 0 Å². The molecule has 5 nitrogen and oxygen atoms in total. The van der Waals surface area contributed by atoms with Gasteiger partial charge in [0.2, 0.25) is 0 Å². The first kappa shape index (κ1) is 10.6. The van der Waals surface area contributed by atoms with Gasteiger partial charge in [0, 0.05) is 25.6 Å². The molecule has 1 heterocycles. The van der Waals surface area contributed by atoms with Crippen molar-refractivity contribution in [3.05, 3.63) is 28.7 Å². The van der Waals surface area contributed by atoms with E-state index < -0.39 is 22.4 Å². The van der Waals surface area contributed by atoms with Gasteiger partial charge in [0.25, 0.3) is 5.56 Å². The molecule has 1 N–H and O–H groups in total. The van der Waals surface area contributed by atoms with Crippen LogP contribution in [0.15, 0.2) is 28.0 Å². The predicted octanol–water partition coefficient (Wildman–Crippen LogP) is -0.227. The molecule has 14 heavy (non-hydrogen) atoms. The van der Waals surface area contributed by atoms with Crippen molar-refractivity contribution in [3.8, 4) is 0 Å². The molecule has 0 spiro atoms. The maximum Gasteiger partial charge on any atom is 0.328 e. The Balaban J connectivity index is 3.28. The van der Waals surface area contributed by atoms with Crippen molar-refractivity contribution in [2.75, 3.05) is 13.3 Å². The van der Waals surface area contributed by atoms with Gasteiger partial charge in [-0.1, -0.05) is 0 Å².